The van der Waals surface area contributed by atoms with Crippen LogP contribution in [0.15, 0.2) is 67.0 Å². The lowest BCUT2D eigenvalue weighted by Crippen LogP contribution is -2.11. The van der Waals surface area contributed by atoms with Gasteiger partial charge in [-0.2, -0.15) is 14.6 Å². The number of thiazole rings is 1. The van der Waals surface area contributed by atoms with E-state index in [0.29, 0.717) is 33.7 Å². The van der Waals surface area contributed by atoms with Gasteiger partial charge in [-0.05, 0) is 38.1 Å². The summed E-state index contributed by atoms with van der Waals surface area (Å²) in [6.07, 6.45) is 1.43. The fourth-order valence-electron chi connectivity index (χ4n) is 3.20. The van der Waals surface area contributed by atoms with Crippen molar-refractivity contribution in [1.82, 2.24) is 24.6 Å². The molecule has 0 fully saturated rings. The van der Waals surface area contributed by atoms with Crippen LogP contribution in [-0.4, -0.2) is 30.5 Å². The Bertz CT molecular complexity index is 1410. The number of aryl methyl sites for hydroxylation is 2. The highest BCUT2D eigenvalue weighted by Gasteiger charge is 2.16. The lowest BCUT2D eigenvalue weighted by molar-refractivity contribution is 0.103. The van der Waals surface area contributed by atoms with Crippen LogP contribution in [0.2, 0.25) is 0 Å². The third-order valence-electron chi connectivity index (χ3n) is 4.71. The minimum atomic E-state index is -0.190. The number of carbonyl (C=O) groups excluding carboxylic acids is 1. The number of fused-ring (bicyclic) bond motifs is 1. The van der Waals surface area contributed by atoms with Crippen LogP contribution < -0.4 is 10.1 Å². The first-order chi connectivity index (χ1) is 15.6. The molecule has 9 heteroatoms. The normalized spacial score (nSPS) is 10.9. The molecule has 0 spiro atoms. The Morgan fingerprint density at radius 3 is 2.59 bits per heavy atom. The van der Waals surface area contributed by atoms with E-state index in [-0.39, 0.29) is 5.91 Å². The van der Waals surface area contributed by atoms with Gasteiger partial charge >= 0.3 is 0 Å². The first-order valence-electron chi connectivity index (χ1n) is 9.86. The number of ether oxygens (including phenoxy) is 1. The molecule has 0 aliphatic heterocycles. The summed E-state index contributed by atoms with van der Waals surface area (Å²) in [5.41, 5.74) is 3.14. The van der Waals surface area contributed by atoms with Crippen molar-refractivity contribution < 1.29 is 9.53 Å². The molecule has 1 N–H and O–H groups in total. The monoisotopic (exact) mass is 442 g/mol. The maximum Gasteiger partial charge on any atom is 0.267 e. The quantitative estimate of drug-likeness (QED) is 0.416. The third-order valence-corrected chi connectivity index (χ3v) is 5.91. The van der Waals surface area contributed by atoms with E-state index >= 15 is 0 Å². The topological polar surface area (TPSA) is 94.3 Å². The average Bonchev–Trinajstić information content (AvgIpc) is 3.42. The largest absolute Gasteiger partial charge is 0.439 e. The number of hydrogen-bond donors (Lipinski definition) is 1. The van der Waals surface area contributed by atoms with Crippen LogP contribution in [0.5, 0.6) is 11.6 Å². The zero-order chi connectivity index (χ0) is 22.1. The molecule has 0 radical (unpaired) electrons. The van der Waals surface area contributed by atoms with Crippen molar-refractivity contribution in [2.75, 3.05) is 5.32 Å². The standard InChI is InChI=1S/C23H18N6O2S/c1-14-12-19(29-23(26-14)24-13-25-29)31-18-10-8-17(9-11-18)28-21(30)20-15(2)27-22(32-20)16-6-4-3-5-7-16/h3-13H,1-2H3,(H,28,30). The molecular formula is C23H18N6O2S. The molecule has 2 aromatic carbocycles. The molecule has 5 aromatic rings. The van der Waals surface area contributed by atoms with Gasteiger partial charge in [-0.25, -0.2) is 9.97 Å². The number of rotatable bonds is 5. The van der Waals surface area contributed by atoms with Crippen molar-refractivity contribution in [2.24, 2.45) is 0 Å². The van der Waals surface area contributed by atoms with Crippen LogP contribution >= 0.6 is 11.3 Å². The summed E-state index contributed by atoms with van der Waals surface area (Å²) in [6, 6.07) is 18.7. The molecule has 3 aromatic heterocycles. The second-order valence-electron chi connectivity index (χ2n) is 7.09. The van der Waals surface area contributed by atoms with E-state index in [0.717, 1.165) is 16.3 Å². The van der Waals surface area contributed by atoms with E-state index in [1.165, 1.54) is 22.2 Å². The van der Waals surface area contributed by atoms with Crippen LogP contribution in [0.1, 0.15) is 21.1 Å². The van der Waals surface area contributed by atoms with Gasteiger partial charge in [-0.1, -0.05) is 30.3 Å². The second kappa shape index (κ2) is 8.20. The summed E-state index contributed by atoms with van der Waals surface area (Å²) in [7, 11) is 0. The summed E-state index contributed by atoms with van der Waals surface area (Å²) >= 11 is 1.38. The fourth-order valence-corrected chi connectivity index (χ4v) is 4.16. The number of nitrogens with zero attached hydrogens (tertiary/aromatic N) is 5. The van der Waals surface area contributed by atoms with E-state index in [4.69, 9.17) is 4.74 Å². The predicted octanol–water partition coefficient (Wildman–Crippen LogP) is 4.91. The molecular weight excluding hydrogens is 424 g/mol. The highest BCUT2D eigenvalue weighted by atomic mass is 32.1. The molecule has 3 heterocycles. The van der Waals surface area contributed by atoms with Crippen molar-refractivity contribution in [3.05, 3.63) is 83.3 Å². The molecule has 32 heavy (non-hydrogen) atoms. The molecule has 5 rings (SSSR count). The number of anilines is 1. The summed E-state index contributed by atoms with van der Waals surface area (Å²) in [5.74, 6) is 1.39. The van der Waals surface area contributed by atoms with Crippen molar-refractivity contribution in [2.45, 2.75) is 13.8 Å². The molecule has 158 valence electrons. The van der Waals surface area contributed by atoms with Crippen molar-refractivity contribution in [1.29, 1.82) is 0 Å². The van der Waals surface area contributed by atoms with E-state index in [1.807, 2.05) is 44.2 Å². The molecule has 0 unspecified atom stereocenters. The minimum Gasteiger partial charge on any atom is -0.439 e. The van der Waals surface area contributed by atoms with Crippen molar-refractivity contribution in [3.8, 4) is 22.2 Å². The van der Waals surface area contributed by atoms with Crippen LogP contribution in [0.4, 0.5) is 5.69 Å². The molecule has 0 atom stereocenters. The molecule has 1 amide bonds. The van der Waals surface area contributed by atoms with Gasteiger partial charge in [-0.3, -0.25) is 4.79 Å². The number of amides is 1. The number of aromatic nitrogens is 5. The van der Waals surface area contributed by atoms with Crippen LogP contribution in [0.3, 0.4) is 0 Å². The summed E-state index contributed by atoms with van der Waals surface area (Å²) in [4.78, 5) is 26.3. The highest BCUT2D eigenvalue weighted by molar-refractivity contribution is 7.17. The Hall–Kier alpha value is -4.11. The summed E-state index contributed by atoms with van der Waals surface area (Å²) < 4.78 is 7.47. The minimum absolute atomic E-state index is 0.190. The van der Waals surface area contributed by atoms with Gasteiger partial charge in [0, 0.05) is 23.0 Å². The highest BCUT2D eigenvalue weighted by Crippen LogP contribution is 2.29. The van der Waals surface area contributed by atoms with Gasteiger partial charge < -0.3 is 10.1 Å². The molecule has 0 aliphatic carbocycles. The Kier molecular flexibility index (Phi) is 5.08. The maximum atomic E-state index is 12.8. The van der Waals surface area contributed by atoms with Gasteiger partial charge in [0.1, 0.15) is 22.0 Å². The van der Waals surface area contributed by atoms with E-state index in [2.05, 4.69) is 25.4 Å². The van der Waals surface area contributed by atoms with Gasteiger partial charge in [-0.15, -0.1) is 11.3 Å². The number of nitrogens with one attached hydrogen (secondary N) is 1. The molecule has 0 aliphatic rings. The smallest absolute Gasteiger partial charge is 0.267 e. The van der Waals surface area contributed by atoms with E-state index in [9.17, 15) is 4.79 Å². The van der Waals surface area contributed by atoms with Gasteiger partial charge in [0.05, 0.1) is 5.69 Å². The van der Waals surface area contributed by atoms with E-state index in [1.54, 1.807) is 30.3 Å². The Balaban J connectivity index is 1.31. The summed E-state index contributed by atoms with van der Waals surface area (Å²) in [6.45, 7) is 3.71. The first kappa shape index (κ1) is 19.8. The van der Waals surface area contributed by atoms with Crippen LogP contribution in [0, 0.1) is 13.8 Å². The molecule has 0 saturated heterocycles. The Morgan fingerprint density at radius 2 is 1.81 bits per heavy atom. The van der Waals surface area contributed by atoms with E-state index < -0.39 is 0 Å². The van der Waals surface area contributed by atoms with Crippen LogP contribution in [0.25, 0.3) is 16.3 Å². The third kappa shape index (κ3) is 3.93. The summed E-state index contributed by atoms with van der Waals surface area (Å²) in [5, 5.41) is 7.89. The number of carbonyl (C=O) groups is 1. The maximum absolute atomic E-state index is 12.8. The lowest BCUT2D eigenvalue weighted by Gasteiger charge is -2.09. The lowest BCUT2D eigenvalue weighted by atomic mass is 10.2. The molecule has 0 saturated carbocycles. The van der Waals surface area contributed by atoms with Crippen LogP contribution in [-0.2, 0) is 0 Å². The molecule has 8 nitrogen and oxygen atoms in total. The van der Waals surface area contributed by atoms with Gasteiger partial charge in [0.25, 0.3) is 11.7 Å². The SMILES string of the molecule is Cc1cc(Oc2ccc(NC(=O)c3sc(-c4ccccc4)nc3C)cc2)n2ncnc2n1. The average molecular weight is 443 g/mol. The Labute approximate surface area is 187 Å². The van der Waals surface area contributed by atoms with Crippen molar-refractivity contribution in [3.63, 3.8) is 0 Å². The van der Waals surface area contributed by atoms with Gasteiger partial charge in [0.2, 0.25) is 5.88 Å². The Morgan fingerprint density at radius 1 is 1.03 bits per heavy atom. The number of hydrogen-bond acceptors (Lipinski definition) is 7. The predicted molar refractivity (Wildman–Crippen MR) is 122 cm³/mol. The first-order valence-corrected chi connectivity index (χ1v) is 10.7. The van der Waals surface area contributed by atoms with Gasteiger partial charge in [0.15, 0.2) is 0 Å². The second-order valence-corrected chi connectivity index (χ2v) is 8.09. The fraction of sp³-hybridized carbons (Fsp3) is 0.0870. The molecule has 0 bridgehead atoms. The number of benzene rings is 2. The zero-order valence-electron chi connectivity index (χ0n) is 17.3. The van der Waals surface area contributed by atoms with Crippen molar-refractivity contribution >= 4 is 28.7 Å². The zero-order valence-corrected chi connectivity index (χ0v) is 18.1.